The number of quaternary nitrogens is 2. The van der Waals surface area contributed by atoms with E-state index in [4.69, 9.17) is 0 Å². The smallest absolute Gasteiger partial charge is 0.219 e. The number of hydrogen-bond donors (Lipinski definition) is 4. The van der Waals surface area contributed by atoms with Crippen LogP contribution in [0.2, 0.25) is 0 Å². The summed E-state index contributed by atoms with van der Waals surface area (Å²) in [5.74, 6) is 0.310. The predicted molar refractivity (Wildman–Crippen MR) is 250 cm³/mol. The van der Waals surface area contributed by atoms with Crippen molar-refractivity contribution in [1.29, 1.82) is 0 Å². The summed E-state index contributed by atoms with van der Waals surface area (Å²) < 4.78 is 1.27. The molecule has 0 spiro atoms. The first kappa shape index (κ1) is 56.8. The Morgan fingerprint density at radius 2 is 0.741 bits per heavy atom. The van der Waals surface area contributed by atoms with E-state index in [1.165, 1.54) is 167 Å². The number of nitrogens with zero attached hydrogens (tertiary/aromatic N) is 2. The minimum absolute atomic E-state index is 0.0755. The number of carbonyl (C=O) groups is 2. The maximum Gasteiger partial charge on any atom is 0.219 e. The second-order valence-electron chi connectivity index (χ2n) is 19.3. The van der Waals surface area contributed by atoms with Gasteiger partial charge in [0.25, 0.3) is 0 Å². The van der Waals surface area contributed by atoms with Crippen LogP contribution in [0.1, 0.15) is 232 Å². The first-order chi connectivity index (χ1) is 28.1. The van der Waals surface area contributed by atoms with Crippen molar-refractivity contribution in [3.8, 4) is 0 Å². The minimum atomic E-state index is -0.494. The molecule has 346 valence electrons. The number of aliphatic hydroxyl groups is 2. The van der Waals surface area contributed by atoms with Gasteiger partial charge in [-0.15, -0.1) is 0 Å². The molecule has 0 aliphatic rings. The summed E-state index contributed by atoms with van der Waals surface area (Å²) in [6.45, 7) is 9.42. The van der Waals surface area contributed by atoms with Crippen LogP contribution < -0.4 is 10.6 Å². The molecule has 2 amide bonds. The molecule has 2 unspecified atom stereocenters. The number of nitrogens with one attached hydrogen (secondary N) is 2. The molecule has 0 aliphatic carbocycles. The van der Waals surface area contributed by atoms with E-state index in [1.54, 1.807) is 0 Å². The Kier molecular flexibility index (Phi) is 40.3. The molecule has 0 aliphatic heterocycles. The summed E-state index contributed by atoms with van der Waals surface area (Å²) in [5, 5.41) is 27.1. The SMILES string of the molecule is CCCCCCCCCCCCCCCCCC(=O)NCCC[N+](C)(C)CC(O)C[N+](C)(CCO)CCCNC(=O)CCCCCCCCCCCCCCCCC. The highest BCUT2D eigenvalue weighted by molar-refractivity contribution is 5.76. The van der Waals surface area contributed by atoms with Gasteiger partial charge in [-0.2, -0.15) is 0 Å². The number of hydrogen-bond acceptors (Lipinski definition) is 4. The van der Waals surface area contributed by atoms with Gasteiger partial charge >= 0.3 is 0 Å². The first-order valence-corrected chi connectivity index (χ1v) is 25.6. The van der Waals surface area contributed by atoms with Crippen LogP contribution in [0, 0.1) is 0 Å². The number of carbonyl (C=O) groups excluding carboxylic acids is 2. The van der Waals surface area contributed by atoms with Crippen molar-refractivity contribution in [1.82, 2.24) is 10.6 Å². The summed E-state index contributed by atoms with van der Waals surface area (Å²) in [4.78, 5) is 24.8. The number of aliphatic hydroxyl groups excluding tert-OH is 2. The Balaban J connectivity index is 3.91. The summed E-state index contributed by atoms with van der Waals surface area (Å²) >= 11 is 0. The van der Waals surface area contributed by atoms with Gasteiger partial charge in [-0.05, 0) is 12.8 Å². The normalized spacial score (nSPS) is 13.4. The Labute approximate surface area is 362 Å². The first-order valence-electron chi connectivity index (χ1n) is 25.6. The fourth-order valence-electron chi connectivity index (χ4n) is 8.68. The van der Waals surface area contributed by atoms with Gasteiger partial charge in [-0.25, -0.2) is 0 Å². The third-order valence-electron chi connectivity index (χ3n) is 12.5. The largest absolute Gasteiger partial charge is 0.391 e. The van der Waals surface area contributed by atoms with E-state index in [1.807, 2.05) is 0 Å². The van der Waals surface area contributed by atoms with E-state index in [0.29, 0.717) is 54.5 Å². The molecule has 8 nitrogen and oxygen atoms in total. The van der Waals surface area contributed by atoms with E-state index < -0.39 is 6.10 Å². The Morgan fingerprint density at radius 1 is 0.431 bits per heavy atom. The van der Waals surface area contributed by atoms with E-state index in [9.17, 15) is 19.8 Å². The van der Waals surface area contributed by atoms with Gasteiger partial charge in [0.2, 0.25) is 11.8 Å². The predicted octanol–water partition coefficient (Wildman–Crippen LogP) is 11.4. The molecule has 0 fully saturated rings. The Bertz CT molecular complexity index is 903. The topological polar surface area (TPSA) is 98.7 Å². The lowest BCUT2D eigenvalue weighted by Gasteiger charge is -2.38. The lowest BCUT2D eigenvalue weighted by molar-refractivity contribution is -0.926. The zero-order valence-electron chi connectivity index (χ0n) is 39.9. The quantitative estimate of drug-likeness (QED) is 0.0363. The number of unbranched alkanes of at least 4 members (excludes halogenated alkanes) is 28. The van der Waals surface area contributed by atoms with Gasteiger partial charge in [0.1, 0.15) is 19.6 Å². The van der Waals surface area contributed by atoms with Crippen LogP contribution in [0.15, 0.2) is 0 Å². The molecule has 0 rings (SSSR count). The van der Waals surface area contributed by atoms with Gasteiger partial charge in [-0.3, -0.25) is 9.59 Å². The van der Waals surface area contributed by atoms with Crippen LogP contribution in [0.5, 0.6) is 0 Å². The summed E-state index contributed by atoms with van der Waals surface area (Å²) in [5.41, 5.74) is 0. The summed E-state index contributed by atoms with van der Waals surface area (Å²) in [6, 6.07) is 0. The zero-order chi connectivity index (χ0) is 42.8. The third-order valence-corrected chi connectivity index (χ3v) is 12.5. The van der Waals surface area contributed by atoms with Crippen molar-refractivity contribution in [2.45, 2.75) is 238 Å². The van der Waals surface area contributed by atoms with Crippen molar-refractivity contribution in [3.63, 3.8) is 0 Å². The third kappa shape index (κ3) is 40.2. The lowest BCUT2D eigenvalue weighted by Crippen LogP contribution is -2.56. The average Bonchev–Trinajstić information content (AvgIpc) is 3.18. The molecule has 0 aromatic heterocycles. The highest BCUT2D eigenvalue weighted by atomic mass is 16.3. The molecule has 0 bridgehead atoms. The molecule has 8 heteroatoms. The fourth-order valence-corrected chi connectivity index (χ4v) is 8.68. The minimum Gasteiger partial charge on any atom is -0.391 e. The number of rotatable bonds is 46. The van der Waals surface area contributed by atoms with Crippen LogP contribution in [0.4, 0.5) is 0 Å². The van der Waals surface area contributed by atoms with Crippen LogP contribution in [-0.2, 0) is 9.59 Å². The summed E-state index contributed by atoms with van der Waals surface area (Å²) in [7, 11) is 6.39. The van der Waals surface area contributed by atoms with Gasteiger partial charge in [0.15, 0.2) is 6.10 Å². The number of likely N-dealkylation sites (N-methyl/N-ethyl adjacent to an activating group) is 2. The Hall–Kier alpha value is -1.22. The monoisotopic (exact) mass is 825 g/mol. The van der Waals surface area contributed by atoms with E-state index in [2.05, 4.69) is 45.6 Å². The second kappa shape index (κ2) is 41.1. The molecule has 2 atom stereocenters. The van der Waals surface area contributed by atoms with Crippen molar-refractivity contribution >= 4 is 11.8 Å². The zero-order valence-corrected chi connectivity index (χ0v) is 39.9. The lowest BCUT2D eigenvalue weighted by atomic mass is 10.0. The molecule has 58 heavy (non-hydrogen) atoms. The van der Waals surface area contributed by atoms with Gasteiger partial charge < -0.3 is 29.8 Å². The number of amides is 2. The van der Waals surface area contributed by atoms with E-state index >= 15 is 0 Å². The summed E-state index contributed by atoms with van der Waals surface area (Å²) in [6.07, 6.45) is 42.3. The molecule has 0 saturated heterocycles. The molecule has 0 heterocycles. The van der Waals surface area contributed by atoms with Gasteiger partial charge in [0.05, 0.1) is 40.8 Å². The van der Waals surface area contributed by atoms with Crippen molar-refractivity contribution in [2.75, 3.05) is 73.6 Å². The van der Waals surface area contributed by atoms with Crippen LogP contribution in [-0.4, -0.2) is 111 Å². The highest BCUT2D eigenvalue weighted by Crippen LogP contribution is 2.16. The maximum absolute atomic E-state index is 12.4. The van der Waals surface area contributed by atoms with Crippen LogP contribution in [0.3, 0.4) is 0 Å². The average molecular weight is 825 g/mol. The molecule has 0 aromatic carbocycles. The molecular formula is C50H104N4O4+2. The van der Waals surface area contributed by atoms with Crippen molar-refractivity contribution in [2.24, 2.45) is 0 Å². The Morgan fingerprint density at radius 3 is 1.07 bits per heavy atom. The highest BCUT2D eigenvalue weighted by Gasteiger charge is 2.29. The van der Waals surface area contributed by atoms with Gasteiger partial charge in [-0.1, -0.05) is 194 Å². The standard InChI is InChI=1S/C50H102N4O4/c1-6-8-10-12-14-16-18-20-22-24-26-28-30-32-34-38-49(57)51-40-36-42-53(3,4)46-48(56)47-54(5,44-45-55)43-37-41-52-50(58)39-35-33-31-29-27-25-23-21-19-17-15-13-11-9-7-2/h48,55-56H,6-47H2,1-5H3/p+2. The fraction of sp³-hybridized carbons (Fsp3) is 0.960. The van der Waals surface area contributed by atoms with E-state index in [-0.39, 0.29) is 18.4 Å². The molecule has 0 aromatic rings. The maximum atomic E-state index is 12.4. The molecule has 4 N–H and O–H groups in total. The van der Waals surface area contributed by atoms with Crippen LogP contribution in [0.25, 0.3) is 0 Å². The van der Waals surface area contributed by atoms with Gasteiger partial charge in [0, 0.05) is 38.8 Å². The van der Waals surface area contributed by atoms with E-state index in [0.717, 1.165) is 51.6 Å². The van der Waals surface area contributed by atoms with Crippen molar-refractivity contribution < 1.29 is 28.8 Å². The molecule has 0 radical (unpaired) electrons. The molecule has 0 saturated carbocycles. The van der Waals surface area contributed by atoms with Crippen LogP contribution >= 0.6 is 0 Å². The second-order valence-corrected chi connectivity index (χ2v) is 19.3. The van der Waals surface area contributed by atoms with Crippen molar-refractivity contribution in [3.05, 3.63) is 0 Å². The molecular weight excluding hydrogens is 721 g/mol.